The number of hydrogen-bond donors (Lipinski definition) is 1. The molecule has 1 aliphatic rings. The van der Waals surface area contributed by atoms with Crippen molar-refractivity contribution in [1.29, 1.82) is 0 Å². The molecule has 0 saturated carbocycles. The fraction of sp³-hybridized carbons (Fsp3) is 0.111. The molecule has 0 aromatic carbocycles. The fourth-order valence-electron chi connectivity index (χ4n) is 1.10. The van der Waals surface area contributed by atoms with Gasteiger partial charge in [-0.15, -0.1) is 11.3 Å². The number of anilines is 1. The lowest BCUT2D eigenvalue weighted by Crippen LogP contribution is -2.17. The molecule has 0 saturated heterocycles. The summed E-state index contributed by atoms with van der Waals surface area (Å²) in [6.07, 6.45) is 7.71. The molecule has 0 unspecified atom stereocenters. The van der Waals surface area contributed by atoms with Gasteiger partial charge in [0, 0.05) is 18.1 Å². The lowest BCUT2D eigenvalue weighted by Gasteiger charge is -2.16. The van der Waals surface area contributed by atoms with Gasteiger partial charge in [0.15, 0.2) is 10.8 Å². The van der Waals surface area contributed by atoms with Gasteiger partial charge in [-0.3, -0.25) is 0 Å². The summed E-state index contributed by atoms with van der Waals surface area (Å²) >= 11 is 1.33. The van der Waals surface area contributed by atoms with Crippen LogP contribution in [-0.2, 0) is 0 Å². The average Bonchev–Trinajstić information content (AvgIpc) is 2.68. The van der Waals surface area contributed by atoms with Gasteiger partial charge < -0.3 is 10.0 Å². The Morgan fingerprint density at radius 2 is 2.43 bits per heavy atom. The van der Waals surface area contributed by atoms with E-state index < -0.39 is 5.97 Å². The second kappa shape index (κ2) is 3.63. The number of carboxylic acids is 1. The molecule has 5 heteroatoms. The van der Waals surface area contributed by atoms with E-state index in [1.807, 2.05) is 29.3 Å². The standard InChI is InChI=1S/C9H8N2O2S/c12-8(13)7-6-14-9(10-7)11-4-2-1-3-5-11/h1-4,6H,5H2,(H,12,13). The monoisotopic (exact) mass is 208 g/mol. The van der Waals surface area contributed by atoms with E-state index >= 15 is 0 Å². The molecule has 72 valence electrons. The van der Waals surface area contributed by atoms with E-state index in [9.17, 15) is 4.79 Å². The Morgan fingerprint density at radius 3 is 3.00 bits per heavy atom. The van der Waals surface area contributed by atoms with Gasteiger partial charge >= 0.3 is 5.97 Å². The van der Waals surface area contributed by atoms with Crippen LogP contribution in [0.4, 0.5) is 5.13 Å². The Kier molecular flexibility index (Phi) is 2.32. The van der Waals surface area contributed by atoms with Crippen LogP contribution in [0.15, 0.2) is 29.8 Å². The highest BCUT2D eigenvalue weighted by molar-refractivity contribution is 7.14. The topological polar surface area (TPSA) is 53.4 Å². The molecule has 0 bridgehead atoms. The van der Waals surface area contributed by atoms with Gasteiger partial charge in [-0.1, -0.05) is 12.2 Å². The molecule has 0 aliphatic carbocycles. The van der Waals surface area contributed by atoms with Crippen LogP contribution in [0, 0.1) is 0 Å². The van der Waals surface area contributed by atoms with Crippen LogP contribution in [0.2, 0.25) is 0 Å². The van der Waals surface area contributed by atoms with Crippen molar-refractivity contribution in [2.45, 2.75) is 0 Å². The third-order valence-corrected chi connectivity index (χ3v) is 2.65. The number of allylic oxidation sites excluding steroid dienone is 2. The average molecular weight is 208 g/mol. The first kappa shape index (κ1) is 8.96. The van der Waals surface area contributed by atoms with E-state index in [0.29, 0.717) is 5.13 Å². The van der Waals surface area contributed by atoms with Crippen molar-refractivity contribution >= 4 is 22.4 Å². The minimum absolute atomic E-state index is 0.105. The predicted octanol–water partition coefficient (Wildman–Crippen LogP) is 1.73. The van der Waals surface area contributed by atoms with Gasteiger partial charge in [-0.2, -0.15) is 0 Å². The highest BCUT2D eigenvalue weighted by Gasteiger charge is 2.12. The summed E-state index contributed by atoms with van der Waals surface area (Å²) in [4.78, 5) is 16.5. The molecule has 0 spiro atoms. The Bertz CT molecular complexity index is 409. The number of nitrogens with zero attached hydrogens (tertiary/aromatic N) is 2. The van der Waals surface area contributed by atoms with E-state index in [4.69, 9.17) is 5.11 Å². The lowest BCUT2D eigenvalue weighted by atomic mass is 10.4. The van der Waals surface area contributed by atoms with Crippen LogP contribution >= 0.6 is 11.3 Å². The third kappa shape index (κ3) is 1.67. The molecule has 0 radical (unpaired) electrons. The predicted molar refractivity (Wildman–Crippen MR) is 54.7 cm³/mol. The number of carbonyl (C=O) groups is 1. The Hall–Kier alpha value is -1.62. The quantitative estimate of drug-likeness (QED) is 0.804. The first-order valence-electron chi connectivity index (χ1n) is 4.06. The lowest BCUT2D eigenvalue weighted by molar-refractivity contribution is 0.0691. The Labute approximate surface area is 84.8 Å². The van der Waals surface area contributed by atoms with E-state index in [1.54, 1.807) is 5.38 Å². The second-order valence-corrected chi connectivity index (χ2v) is 3.58. The van der Waals surface area contributed by atoms with E-state index in [-0.39, 0.29) is 5.69 Å². The summed E-state index contributed by atoms with van der Waals surface area (Å²) in [6, 6.07) is 0. The molecule has 0 atom stereocenters. The van der Waals surface area contributed by atoms with Gasteiger partial charge in [-0.05, 0) is 6.08 Å². The van der Waals surface area contributed by atoms with Gasteiger partial charge in [0.05, 0.1) is 0 Å². The highest BCUT2D eigenvalue weighted by Crippen LogP contribution is 2.21. The van der Waals surface area contributed by atoms with Crippen molar-refractivity contribution in [2.75, 3.05) is 11.4 Å². The molecule has 14 heavy (non-hydrogen) atoms. The maximum Gasteiger partial charge on any atom is 0.355 e. The summed E-state index contributed by atoms with van der Waals surface area (Å²) in [6.45, 7) is 0.739. The summed E-state index contributed by atoms with van der Waals surface area (Å²) in [7, 11) is 0. The molecule has 0 amide bonds. The first-order valence-corrected chi connectivity index (χ1v) is 4.94. The molecule has 1 aromatic rings. The van der Waals surface area contributed by atoms with Gasteiger partial charge in [-0.25, -0.2) is 9.78 Å². The van der Waals surface area contributed by atoms with E-state index in [1.165, 1.54) is 11.3 Å². The van der Waals surface area contributed by atoms with Crippen LogP contribution in [0.3, 0.4) is 0 Å². The fourth-order valence-corrected chi connectivity index (χ4v) is 1.90. The highest BCUT2D eigenvalue weighted by atomic mass is 32.1. The molecule has 1 aliphatic heterocycles. The van der Waals surface area contributed by atoms with Crippen LogP contribution in [0.25, 0.3) is 0 Å². The van der Waals surface area contributed by atoms with Crippen molar-refractivity contribution < 1.29 is 9.90 Å². The van der Waals surface area contributed by atoms with Crippen LogP contribution in [0.1, 0.15) is 10.5 Å². The number of thiazole rings is 1. The summed E-state index contributed by atoms with van der Waals surface area (Å²) < 4.78 is 0. The third-order valence-electron chi connectivity index (χ3n) is 1.77. The minimum atomic E-state index is -0.982. The van der Waals surface area contributed by atoms with Crippen LogP contribution in [-0.4, -0.2) is 22.6 Å². The van der Waals surface area contributed by atoms with Gasteiger partial charge in [0.1, 0.15) is 0 Å². The van der Waals surface area contributed by atoms with E-state index in [2.05, 4.69) is 4.98 Å². The van der Waals surface area contributed by atoms with Crippen molar-refractivity contribution in [3.63, 3.8) is 0 Å². The number of carboxylic acid groups (broad SMARTS) is 1. The SMILES string of the molecule is O=C(O)c1csc(N2C=CC=CC2)n1. The largest absolute Gasteiger partial charge is 0.476 e. The van der Waals surface area contributed by atoms with Crippen molar-refractivity contribution in [3.8, 4) is 0 Å². The first-order chi connectivity index (χ1) is 6.77. The minimum Gasteiger partial charge on any atom is -0.476 e. The summed E-state index contributed by atoms with van der Waals surface area (Å²) in [5, 5.41) is 10.9. The molecule has 0 fully saturated rings. The number of aromatic nitrogens is 1. The Morgan fingerprint density at radius 1 is 1.57 bits per heavy atom. The van der Waals surface area contributed by atoms with Crippen molar-refractivity contribution in [2.24, 2.45) is 0 Å². The second-order valence-electron chi connectivity index (χ2n) is 2.74. The maximum absolute atomic E-state index is 10.6. The molecule has 2 heterocycles. The molecular formula is C9H8N2O2S. The molecule has 1 aromatic heterocycles. The van der Waals surface area contributed by atoms with Crippen molar-refractivity contribution in [3.05, 3.63) is 35.5 Å². The summed E-state index contributed by atoms with van der Waals surface area (Å²) in [5.74, 6) is -0.982. The zero-order valence-corrected chi connectivity index (χ0v) is 8.07. The zero-order valence-electron chi connectivity index (χ0n) is 7.25. The number of hydrogen-bond acceptors (Lipinski definition) is 4. The van der Waals surface area contributed by atoms with Crippen molar-refractivity contribution in [1.82, 2.24) is 4.98 Å². The molecule has 2 rings (SSSR count). The summed E-state index contributed by atoms with van der Waals surface area (Å²) in [5.41, 5.74) is 0.105. The molecule has 4 nitrogen and oxygen atoms in total. The Balaban J connectivity index is 2.20. The normalized spacial score (nSPS) is 14.7. The number of aromatic carboxylic acids is 1. The zero-order chi connectivity index (χ0) is 9.97. The van der Waals surface area contributed by atoms with Gasteiger partial charge in [0.25, 0.3) is 0 Å². The molecular weight excluding hydrogens is 200 g/mol. The number of rotatable bonds is 2. The van der Waals surface area contributed by atoms with E-state index in [0.717, 1.165) is 6.54 Å². The maximum atomic E-state index is 10.6. The van der Waals surface area contributed by atoms with Crippen LogP contribution < -0.4 is 4.90 Å². The molecule has 1 N–H and O–H groups in total. The smallest absolute Gasteiger partial charge is 0.355 e. The van der Waals surface area contributed by atoms with Gasteiger partial charge in [0.2, 0.25) is 0 Å². The van der Waals surface area contributed by atoms with Crippen LogP contribution in [0.5, 0.6) is 0 Å².